The van der Waals surface area contributed by atoms with E-state index in [2.05, 4.69) is 62.2 Å². The van der Waals surface area contributed by atoms with Crippen molar-refractivity contribution in [3.05, 3.63) is 48.0 Å². The number of nitrogens with zero attached hydrogens (tertiary/aromatic N) is 3. The van der Waals surface area contributed by atoms with Crippen molar-refractivity contribution in [1.82, 2.24) is 15.5 Å². The van der Waals surface area contributed by atoms with Crippen molar-refractivity contribution >= 4 is 11.4 Å². The molecule has 3 aliphatic heterocycles. The molecule has 3 aliphatic rings. The van der Waals surface area contributed by atoms with Gasteiger partial charge in [0.15, 0.2) is 6.29 Å². The second-order valence-corrected chi connectivity index (χ2v) is 11.6. The van der Waals surface area contributed by atoms with Crippen LogP contribution in [0.1, 0.15) is 24.8 Å². The van der Waals surface area contributed by atoms with Gasteiger partial charge in [0.1, 0.15) is 29.9 Å². The molecule has 0 spiro atoms. The number of aliphatic hydroxyl groups excluding tert-OH is 1. The fourth-order valence-electron chi connectivity index (χ4n) is 5.84. The van der Waals surface area contributed by atoms with Crippen LogP contribution in [-0.2, 0) is 20.8 Å². The lowest BCUT2D eigenvalue weighted by atomic mass is 10.1. The molecule has 4 N–H and O–H groups in total. The fraction of sp³-hybridized carbons (Fsp3) is 0.606. The van der Waals surface area contributed by atoms with Crippen LogP contribution in [0.25, 0.3) is 0 Å². The summed E-state index contributed by atoms with van der Waals surface area (Å²) in [5, 5.41) is 28.6. The van der Waals surface area contributed by atoms with Crippen LogP contribution in [0.15, 0.2) is 42.5 Å². The minimum Gasteiger partial charge on any atom is -0.495 e. The fourth-order valence-corrected chi connectivity index (χ4v) is 5.84. The number of rotatable bonds is 20. The Bertz CT molecular complexity index is 1240. The Labute approximate surface area is 266 Å². The number of epoxide rings is 2. The number of ether oxygens (including phenoxy) is 5. The van der Waals surface area contributed by atoms with Gasteiger partial charge in [-0.05, 0) is 42.7 Å². The summed E-state index contributed by atoms with van der Waals surface area (Å²) in [4.78, 5) is 4.88. The highest BCUT2D eigenvalue weighted by molar-refractivity contribution is 5.59. The van der Waals surface area contributed by atoms with Crippen molar-refractivity contribution in [2.45, 2.75) is 56.6 Å². The first kappa shape index (κ1) is 33.2. The molecule has 12 nitrogen and oxygen atoms in total. The van der Waals surface area contributed by atoms with Gasteiger partial charge >= 0.3 is 0 Å². The summed E-state index contributed by atoms with van der Waals surface area (Å²) < 4.78 is 27.8. The van der Waals surface area contributed by atoms with Gasteiger partial charge in [0.25, 0.3) is 0 Å². The topological polar surface area (TPSA) is 139 Å². The molecule has 0 amide bonds. The number of piperazine rings is 1. The molecular formula is C33H48N6O6. The normalized spacial score (nSPS) is 23.3. The van der Waals surface area contributed by atoms with E-state index >= 15 is 0 Å². The summed E-state index contributed by atoms with van der Waals surface area (Å²) >= 11 is 0. The first-order valence-corrected chi connectivity index (χ1v) is 16.0. The van der Waals surface area contributed by atoms with Crippen LogP contribution < -0.4 is 30.3 Å². The Kier molecular flexibility index (Phi) is 12.5. The minimum atomic E-state index is -0.669. The average Bonchev–Trinajstić information content (AvgIpc) is 4.00. The number of benzene rings is 2. The number of methoxy groups -OCH3 is 2. The smallest absolute Gasteiger partial charge is 0.183 e. The maximum atomic E-state index is 9.55. The number of anilines is 2. The number of aliphatic hydroxyl groups is 1. The van der Waals surface area contributed by atoms with Crippen LogP contribution in [-0.4, -0.2) is 114 Å². The molecule has 12 heteroatoms. The average molecular weight is 625 g/mol. The lowest BCUT2D eigenvalue weighted by Crippen LogP contribution is -2.46. The number of para-hydroxylation sites is 2. The van der Waals surface area contributed by atoms with E-state index < -0.39 is 6.29 Å². The molecule has 2 aromatic carbocycles. The maximum Gasteiger partial charge on any atom is 0.183 e. The quantitative estimate of drug-likeness (QED) is 0.127. The van der Waals surface area contributed by atoms with Crippen molar-refractivity contribution in [2.24, 2.45) is 0 Å². The van der Waals surface area contributed by atoms with Gasteiger partial charge in [-0.1, -0.05) is 18.2 Å². The molecule has 0 aromatic heterocycles. The molecule has 5 rings (SSSR count). The van der Waals surface area contributed by atoms with Gasteiger partial charge in [-0.15, -0.1) is 0 Å². The molecule has 0 bridgehead atoms. The molecule has 0 saturated carbocycles. The van der Waals surface area contributed by atoms with Gasteiger partial charge in [0, 0.05) is 58.4 Å². The Morgan fingerprint density at radius 2 is 1.82 bits per heavy atom. The standard InChI is InChI=1S/C33H48N6O6/c1-41-28-9-4-3-8-27(28)39-17-15-38(16-18-39)23-24-10-11-25(29(21-24)42-2)35-13-5-7-26(37-22-30-33(40)44-30)31-32(45-31)36-14-20-43-19-6-12-34/h3-4,8-11,21,26,30-33,35-37,40H,5-7,13-20,22-23H2,1-2H3. The Morgan fingerprint density at radius 1 is 1.02 bits per heavy atom. The van der Waals surface area contributed by atoms with Crippen molar-refractivity contribution < 1.29 is 28.8 Å². The molecule has 246 valence electrons. The van der Waals surface area contributed by atoms with Gasteiger partial charge < -0.3 is 44.3 Å². The third-order valence-electron chi connectivity index (χ3n) is 8.49. The minimum absolute atomic E-state index is 0.0307. The second kappa shape index (κ2) is 17.0. The first-order chi connectivity index (χ1) is 22.1. The summed E-state index contributed by atoms with van der Waals surface area (Å²) in [5.41, 5.74) is 3.38. The zero-order chi connectivity index (χ0) is 31.4. The highest BCUT2D eigenvalue weighted by atomic mass is 16.7. The van der Waals surface area contributed by atoms with Crippen molar-refractivity contribution in [3.8, 4) is 17.6 Å². The van der Waals surface area contributed by atoms with Crippen LogP contribution in [0.2, 0.25) is 0 Å². The molecular weight excluding hydrogens is 576 g/mol. The van der Waals surface area contributed by atoms with Crippen LogP contribution in [0.3, 0.4) is 0 Å². The maximum absolute atomic E-state index is 9.55. The van der Waals surface area contributed by atoms with Crippen LogP contribution in [0.4, 0.5) is 11.4 Å². The molecule has 5 atom stereocenters. The molecule has 0 radical (unpaired) electrons. The lowest BCUT2D eigenvalue weighted by Gasteiger charge is -2.36. The lowest BCUT2D eigenvalue weighted by molar-refractivity contribution is 0.138. The van der Waals surface area contributed by atoms with Gasteiger partial charge in [0.2, 0.25) is 0 Å². The van der Waals surface area contributed by atoms with E-state index in [-0.39, 0.29) is 24.5 Å². The van der Waals surface area contributed by atoms with E-state index in [1.165, 1.54) is 5.56 Å². The van der Waals surface area contributed by atoms with E-state index in [1.807, 2.05) is 12.1 Å². The number of nitriles is 1. The van der Waals surface area contributed by atoms with Crippen LogP contribution in [0.5, 0.6) is 11.5 Å². The summed E-state index contributed by atoms with van der Waals surface area (Å²) in [6.07, 6.45) is 1.43. The number of nitrogens with one attached hydrogen (secondary N) is 3. The highest BCUT2D eigenvalue weighted by Crippen LogP contribution is 2.30. The Morgan fingerprint density at radius 3 is 2.58 bits per heavy atom. The van der Waals surface area contributed by atoms with Crippen LogP contribution in [0, 0.1) is 11.3 Å². The van der Waals surface area contributed by atoms with Gasteiger partial charge in [-0.3, -0.25) is 10.2 Å². The molecule has 2 aromatic rings. The Hall–Kier alpha value is -3.15. The summed E-state index contributed by atoms with van der Waals surface area (Å²) in [6.45, 7) is 7.81. The monoisotopic (exact) mass is 624 g/mol. The van der Waals surface area contributed by atoms with E-state index in [0.717, 1.165) is 75.0 Å². The summed E-state index contributed by atoms with van der Waals surface area (Å²) in [5.74, 6) is 1.77. The van der Waals surface area contributed by atoms with Crippen LogP contribution >= 0.6 is 0 Å². The number of hydrogen-bond acceptors (Lipinski definition) is 12. The molecule has 3 heterocycles. The summed E-state index contributed by atoms with van der Waals surface area (Å²) in [7, 11) is 3.45. The van der Waals surface area contributed by atoms with E-state index in [0.29, 0.717) is 32.7 Å². The Balaban J connectivity index is 1.04. The van der Waals surface area contributed by atoms with E-state index in [4.69, 9.17) is 28.9 Å². The van der Waals surface area contributed by atoms with Crippen molar-refractivity contribution in [1.29, 1.82) is 5.26 Å². The number of hydrogen-bond donors (Lipinski definition) is 4. The second-order valence-electron chi connectivity index (χ2n) is 11.6. The van der Waals surface area contributed by atoms with Gasteiger partial charge in [0.05, 0.1) is 51.3 Å². The zero-order valence-electron chi connectivity index (χ0n) is 26.5. The predicted molar refractivity (Wildman–Crippen MR) is 172 cm³/mol. The van der Waals surface area contributed by atoms with Crippen molar-refractivity contribution in [2.75, 3.05) is 83.5 Å². The summed E-state index contributed by atoms with van der Waals surface area (Å²) in [6, 6.07) is 16.9. The highest BCUT2D eigenvalue weighted by Gasteiger charge is 2.45. The zero-order valence-corrected chi connectivity index (χ0v) is 26.5. The first-order valence-electron chi connectivity index (χ1n) is 16.0. The van der Waals surface area contributed by atoms with Gasteiger partial charge in [-0.25, -0.2) is 0 Å². The van der Waals surface area contributed by atoms with E-state index in [9.17, 15) is 5.11 Å². The third-order valence-corrected chi connectivity index (χ3v) is 8.49. The SMILES string of the molecule is COc1cc(CN2CCN(c3ccccc3OC)CC2)ccc1NCCCC(NCC1OC1O)C1OC1NCCOCCC#N. The largest absolute Gasteiger partial charge is 0.495 e. The van der Waals surface area contributed by atoms with E-state index in [1.54, 1.807) is 14.2 Å². The third kappa shape index (κ3) is 9.92. The molecule has 5 unspecified atom stereocenters. The van der Waals surface area contributed by atoms with Crippen molar-refractivity contribution in [3.63, 3.8) is 0 Å². The molecule has 3 saturated heterocycles. The van der Waals surface area contributed by atoms with Gasteiger partial charge in [-0.2, -0.15) is 5.26 Å². The molecule has 3 fully saturated rings. The predicted octanol–water partition coefficient (Wildman–Crippen LogP) is 2.14. The molecule has 45 heavy (non-hydrogen) atoms. The molecule has 0 aliphatic carbocycles.